The minimum Gasteiger partial charge on any atom is -0.456 e. The van der Waals surface area contributed by atoms with Crippen LogP contribution in [0.2, 0.25) is 0 Å². The van der Waals surface area contributed by atoms with Gasteiger partial charge in [0.2, 0.25) is 0 Å². The maximum Gasteiger partial charge on any atom is 0.135 e. The highest BCUT2D eigenvalue weighted by atomic mass is 16.5. The van der Waals surface area contributed by atoms with Crippen LogP contribution in [0.25, 0.3) is 77.2 Å². The maximum atomic E-state index is 6.61. The number of furan rings is 1. The van der Waals surface area contributed by atoms with Crippen molar-refractivity contribution in [1.29, 1.82) is 0 Å². The molecular formula is C43H28O2. The lowest BCUT2D eigenvalue weighted by Crippen LogP contribution is -2.14. The molecule has 0 N–H and O–H groups in total. The van der Waals surface area contributed by atoms with Crippen LogP contribution in [0.3, 0.4) is 0 Å². The summed E-state index contributed by atoms with van der Waals surface area (Å²) >= 11 is 0. The van der Waals surface area contributed by atoms with Gasteiger partial charge in [0.05, 0.1) is 0 Å². The van der Waals surface area contributed by atoms with E-state index in [4.69, 9.17) is 9.15 Å². The van der Waals surface area contributed by atoms with E-state index in [-0.39, 0.29) is 5.41 Å². The molecule has 0 saturated carbocycles. The fourth-order valence-electron chi connectivity index (χ4n) is 7.94. The average molecular weight is 577 g/mol. The molecule has 1 aliphatic heterocycles. The molecule has 212 valence electrons. The van der Waals surface area contributed by atoms with Gasteiger partial charge in [0.25, 0.3) is 0 Å². The van der Waals surface area contributed by atoms with Crippen LogP contribution in [0.5, 0.6) is 11.5 Å². The molecule has 1 aliphatic carbocycles. The molecule has 2 heterocycles. The smallest absolute Gasteiger partial charge is 0.135 e. The lowest BCUT2D eigenvalue weighted by Gasteiger charge is -2.24. The van der Waals surface area contributed by atoms with Crippen molar-refractivity contribution in [2.45, 2.75) is 19.3 Å². The number of hydrogen-bond acceptors (Lipinski definition) is 2. The molecular weight excluding hydrogens is 548 g/mol. The van der Waals surface area contributed by atoms with Crippen LogP contribution in [-0.2, 0) is 5.41 Å². The lowest BCUT2D eigenvalue weighted by molar-refractivity contribution is 0.487. The summed E-state index contributed by atoms with van der Waals surface area (Å²) in [5.74, 6) is 1.79. The van der Waals surface area contributed by atoms with E-state index < -0.39 is 0 Å². The summed E-state index contributed by atoms with van der Waals surface area (Å²) in [6.45, 7) is 4.67. The van der Waals surface area contributed by atoms with Crippen LogP contribution in [0.4, 0.5) is 0 Å². The van der Waals surface area contributed by atoms with Gasteiger partial charge in [-0.15, -0.1) is 0 Å². The predicted molar refractivity (Wildman–Crippen MR) is 185 cm³/mol. The number of fused-ring (bicyclic) bond motifs is 8. The third-order valence-corrected chi connectivity index (χ3v) is 10.1. The topological polar surface area (TPSA) is 22.4 Å². The average Bonchev–Trinajstić information content (AvgIpc) is 3.57. The van der Waals surface area contributed by atoms with Gasteiger partial charge < -0.3 is 9.15 Å². The SMILES string of the molecule is CC1(C)c2ccccc2-c2c(-c3ccc4c(c3)-c3cccc5c(-c6ccc7oc8ccccc8c7c6)ccc(c35)O4)cccc21. The highest BCUT2D eigenvalue weighted by molar-refractivity contribution is 6.12. The monoisotopic (exact) mass is 576 g/mol. The lowest BCUT2D eigenvalue weighted by atomic mass is 9.82. The van der Waals surface area contributed by atoms with Crippen LogP contribution in [0, 0.1) is 0 Å². The summed E-state index contributed by atoms with van der Waals surface area (Å²) in [4.78, 5) is 0. The molecule has 0 bridgehead atoms. The Morgan fingerprint density at radius 1 is 0.444 bits per heavy atom. The van der Waals surface area contributed by atoms with Crippen LogP contribution >= 0.6 is 0 Å². The number of rotatable bonds is 2. The Kier molecular flexibility index (Phi) is 4.82. The first-order valence-corrected chi connectivity index (χ1v) is 15.6. The molecule has 0 amide bonds. The summed E-state index contributed by atoms with van der Waals surface area (Å²) in [5, 5.41) is 4.61. The Balaban J connectivity index is 1.16. The van der Waals surface area contributed by atoms with Gasteiger partial charge in [0, 0.05) is 27.1 Å². The zero-order valence-electron chi connectivity index (χ0n) is 25.0. The van der Waals surface area contributed by atoms with Gasteiger partial charge in [-0.3, -0.25) is 0 Å². The van der Waals surface area contributed by atoms with Crippen molar-refractivity contribution in [1.82, 2.24) is 0 Å². The van der Waals surface area contributed by atoms with E-state index in [1.807, 2.05) is 12.1 Å². The summed E-state index contributed by atoms with van der Waals surface area (Å²) in [6.07, 6.45) is 0. The Bertz CT molecular complexity index is 2550. The van der Waals surface area contributed by atoms with Crippen LogP contribution in [0.1, 0.15) is 25.0 Å². The third-order valence-electron chi connectivity index (χ3n) is 10.1. The second kappa shape index (κ2) is 8.74. The predicted octanol–water partition coefficient (Wildman–Crippen LogP) is 12.2. The second-order valence-corrected chi connectivity index (χ2v) is 12.9. The van der Waals surface area contributed by atoms with Crippen LogP contribution < -0.4 is 4.74 Å². The van der Waals surface area contributed by atoms with Gasteiger partial charge in [-0.05, 0) is 91.9 Å². The van der Waals surface area contributed by atoms with E-state index in [0.29, 0.717) is 0 Å². The van der Waals surface area contributed by atoms with Gasteiger partial charge in [0.1, 0.15) is 22.7 Å². The van der Waals surface area contributed by atoms with E-state index in [9.17, 15) is 0 Å². The largest absolute Gasteiger partial charge is 0.456 e. The number of para-hydroxylation sites is 1. The Labute approximate surface area is 261 Å². The fourth-order valence-corrected chi connectivity index (χ4v) is 7.94. The first kappa shape index (κ1) is 24.8. The fraction of sp³-hybridized carbons (Fsp3) is 0.0698. The molecule has 10 rings (SSSR count). The van der Waals surface area contributed by atoms with Crippen molar-refractivity contribution >= 4 is 32.7 Å². The molecule has 2 aliphatic rings. The van der Waals surface area contributed by atoms with Crippen molar-refractivity contribution in [3.63, 3.8) is 0 Å². The Morgan fingerprint density at radius 2 is 1.13 bits per heavy atom. The van der Waals surface area contributed by atoms with Crippen molar-refractivity contribution in [2.24, 2.45) is 0 Å². The van der Waals surface area contributed by atoms with Crippen LogP contribution in [0.15, 0.2) is 138 Å². The van der Waals surface area contributed by atoms with E-state index >= 15 is 0 Å². The van der Waals surface area contributed by atoms with Crippen molar-refractivity contribution in [2.75, 3.05) is 0 Å². The van der Waals surface area contributed by atoms with Gasteiger partial charge in [0.15, 0.2) is 0 Å². The first-order chi connectivity index (χ1) is 22.1. The van der Waals surface area contributed by atoms with Gasteiger partial charge >= 0.3 is 0 Å². The molecule has 2 heteroatoms. The number of benzene rings is 7. The van der Waals surface area contributed by atoms with Crippen molar-refractivity contribution in [3.05, 3.63) is 145 Å². The quantitative estimate of drug-likeness (QED) is 0.204. The van der Waals surface area contributed by atoms with E-state index in [1.165, 1.54) is 55.5 Å². The minimum absolute atomic E-state index is 0.0358. The summed E-state index contributed by atoms with van der Waals surface area (Å²) in [5.41, 5.74) is 14.4. The second-order valence-electron chi connectivity index (χ2n) is 12.9. The third kappa shape index (κ3) is 3.34. The molecule has 2 nitrogen and oxygen atoms in total. The van der Waals surface area contributed by atoms with E-state index in [1.54, 1.807) is 0 Å². The molecule has 0 saturated heterocycles. The van der Waals surface area contributed by atoms with Crippen molar-refractivity contribution < 1.29 is 9.15 Å². The molecule has 45 heavy (non-hydrogen) atoms. The van der Waals surface area contributed by atoms with E-state index in [2.05, 4.69) is 135 Å². The zero-order chi connectivity index (χ0) is 29.9. The molecule has 0 fully saturated rings. The maximum absolute atomic E-state index is 6.61. The Morgan fingerprint density at radius 3 is 2.09 bits per heavy atom. The minimum atomic E-state index is -0.0358. The number of hydrogen-bond donors (Lipinski definition) is 0. The van der Waals surface area contributed by atoms with Crippen molar-refractivity contribution in [3.8, 4) is 56.0 Å². The molecule has 7 aromatic carbocycles. The summed E-state index contributed by atoms with van der Waals surface area (Å²) in [7, 11) is 0. The van der Waals surface area contributed by atoms with E-state index in [0.717, 1.165) is 44.4 Å². The van der Waals surface area contributed by atoms with Gasteiger partial charge in [-0.1, -0.05) is 111 Å². The zero-order valence-corrected chi connectivity index (χ0v) is 25.0. The molecule has 1 aromatic heterocycles. The Hall–Kier alpha value is -5.60. The normalized spacial score (nSPS) is 13.9. The molecule has 8 aromatic rings. The standard InChI is InChI=1S/C43H28O2/c1-43(2)35-14-5-3-10-32(35)41-28(11-8-15-36(41)43)26-18-21-39-34(24-26)31-13-7-12-30-27(19-22-40(45-39)42(30)31)25-17-20-38-33(23-25)29-9-4-6-16-37(29)44-38/h3-24H,1-2H3. The highest BCUT2D eigenvalue weighted by Crippen LogP contribution is 2.54. The first-order valence-electron chi connectivity index (χ1n) is 15.6. The van der Waals surface area contributed by atoms with Gasteiger partial charge in [-0.25, -0.2) is 0 Å². The van der Waals surface area contributed by atoms with Crippen LogP contribution in [-0.4, -0.2) is 0 Å². The molecule has 0 atom stereocenters. The summed E-state index contributed by atoms with van der Waals surface area (Å²) < 4.78 is 12.7. The highest BCUT2D eigenvalue weighted by Gasteiger charge is 2.36. The summed E-state index contributed by atoms with van der Waals surface area (Å²) in [6, 6.07) is 48.0. The molecule has 0 spiro atoms. The number of ether oxygens (including phenoxy) is 1. The molecule has 0 unspecified atom stereocenters. The van der Waals surface area contributed by atoms with Gasteiger partial charge in [-0.2, -0.15) is 0 Å². The molecule has 0 radical (unpaired) electrons.